The van der Waals surface area contributed by atoms with Crippen molar-refractivity contribution < 1.29 is 33.2 Å². The van der Waals surface area contributed by atoms with Crippen LogP contribution in [0.5, 0.6) is 0 Å². The lowest BCUT2D eigenvalue weighted by molar-refractivity contribution is -0.415. The molecule has 0 aliphatic heterocycles. The van der Waals surface area contributed by atoms with Crippen LogP contribution in [0.3, 0.4) is 0 Å². The molecule has 0 aromatic rings. The van der Waals surface area contributed by atoms with Crippen LogP contribution in [0.25, 0.3) is 0 Å². The summed E-state index contributed by atoms with van der Waals surface area (Å²) in [7, 11) is 4.81. The smallest absolute Gasteiger partial charge is 0.310 e. The predicted octanol–water partition coefficient (Wildman–Crippen LogP) is 9.04. The van der Waals surface area contributed by atoms with Gasteiger partial charge >= 0.3 is 5.97 Å². The fourth-order valence-electron chi connectivity index (χ4n) is 4.97. The average molecular weight is 577 g/mol. The molecule has 2 unspecified atom stereocenters. The molecule has 0 saturated heterocycles. The summed E-state index contributed by atoms with van der Waals surface area (Å²) in [5.74, 6) is -1.98. The van der Waals surface area contributed by atoms with E-state index in [2.05, 4.69) is 20.4 Å². The maximum absolute atomic E-state index is 5.92. The fourth-order valence-corrected chi connectivity index (χ4v) is 4.97. The maximum atomic E-state index is 5.92. The van der Waals surface area contributed by atoms with Crippen LogP contribution >= 0.6 is 0 Å². The van der Waals surface area contributed by atoms with Gasteiger partial charge in [0, 0.05) is 47.8 Å². The van der Waals surface area contributed by atoms with Crippen molar-refractivity contribution in [1.29, 1.82) is 0 Å². The molecule has 0 bridgehead atoms. The SMILES string of the molecule is C=CC(CCCCCCCC)C(OC)(OC)OC.CCCCCCCCC(OCC)C(OCC)(OCC)OCC. The number of unbranched alkanes of at least 4 members (excludes halogenated alkanes) is 10. The minimum Gasteiger partial charge on any atom is -0.370 e. The number of hydrogen-bond acceptors (Lipinski definition) is 7. The van der Waals surface area contributed by atoms with Crippen LogP contribution in [0, 0.1) is 5.92 Å². The van der Waals surface area contributed by atoms with Gasteiger partial charge in [0.25, 0.3) is 5.97 Å². The number of hydrogen-bond donors (Lipinski definition) is 0. The van der Waals surface area contributed by atoms with Crippen molar-refractivity contribution >= 4 is 0 Å². The summed E-state index contributed by atoms with van der Waals surface area (Å²) in [6, 6.07) is 0. The molecule has 0 radical (unpaired) electrons. The molecule has 0 spiro atoms. The highest BCUT2D eigenvalue weighted by atomic mass is 16.9. The van der Waals surface area contributed by atoms with Crippen LogP contribution in [0.15, 0.2) is 12.7 Å². The van der Waals surface area contributed by atoms with Gasteiger partial charge in [-0.1, -0.05) is 97.0 Å². The van der Waals surface area contributed by atoms with Crippen molar-refractivity contribution in [3.8, 4) is 0 Å². The molecule has 0 rings (SSSR count). The van der Waals surface area contributed by atoms with Crippen LogP contribution in [0.4, 0.5) is 0 Å². The van der Waals surface area contributed by atoms with Gasteiger partial charge in [0.05, 0.1) is 5.92 Å². The Morgan fingerprint density at radius 2 is 0.925 bits per heavy atom. The summed E-state index contributed by atoms with van der Waals surface area (Å²) in [6.45, 7) is 18.5. The van der Waals surface area contributed by atoms with Crippen LogP contribution in [-0.4, -0.2) is 65.8 Å². The minimum absolute atomic E-state index is 0.0590. The van der Waals surface area contributed by atoms with Crippen molar-refractivity contribution in [2.75, 3.05) is 47.8 Å². The zero-order valence-electron chi connectivity index (χ0n) is 28.0. The van der Waals surface area contributed by atoms with Crippen molar-refractivity contribution in [3.05, 3.63) is 12.7 Å². The zero-order valence-corrected chi connectivity index (χ0v) is 28.0. The molecule has 0 aromatic heterocycles. The molecule has 0 aliphatic rings. The first-order valence-electron chi connectivity index (χ1n) is 16.2. The molecule has 0 N–H and O–H groups in total. The lowest BCUT2D eigenvalue weighted by Crippen LogP contribution is -2.51. The Labute approximate surface area is 249 Å². The van der Waals surface area contributed by atoms with Gasteiger partial charge in [0.15, 0.2) is 0 Å². The van der Waals surface area contributed by atoms with Gasteiger partial charge in [-0.25, -0.2) is 0 Å². The van der Waals surface area contributed by atoms with E-state index in [4.69, 9.17) is 33.2 Å². The summed E-state index contributed by atoms with van der Waals surface area (Å²) in [4.78, 5) is 0. The molecule has 0 amide bonds. The van der Waals surface area contributed by atoms with Gasteiger partial charge in [-0.15, -0.1) is 6.58 Å². The van der Waals surface area contributed by atoms with E-state index in [-0.39, 0.29) is 12.0 Å². The summed E-state index contributed by atoms with van der Waals surface area (Å²) in [6.07, 6.45) is 18.8. The summed E-state index contributed by atoms with van der Waals surface area (Å²) >= 11 is 0. The third-order valence-electron chi connectivity index (χ3n) is 7.08. The molecule has 0 aliphatic carbocycles. The zero-order chi connectivity index (χ0) is 30.5. The summed E-state index contributed by atoms with van der Waals surface area (Å²) in [5.41, 5.74) is 0. The second-order valence-corrected chi connectivity index (χ2v) is 10.0. The summed E-state index contributed by atoms with van der Waals surface area (Å²) < 4.78 is 39.6. The van der Waals surface area contributed by atoms with Gasteiger partial charge < -0.3 is 33.2 Å². The Kier molecular flexibility index (Phi) is 29.7. The largest absolute Gasteiger partial charge is 0.370 e. The molecule has 0 aromatic carbocycles. The van der Waals surface area contributed by atoms with E-state index >= 15 is 0 Å². The molecule has 40 heavy (non-hydrogen) atoms. The van der Waals surface area contributed by atoms with E-state index in [9.17, 15) is 0 Å². The van der Waals surface area contributed by atoms with E-state index in [1.165, 1.54) is 64.2 Å². The van der Waals surface area contributed by atoms with E-state index in [0.29, 0.717) is 26.4 Å². The van der Waals surface area contributed by atoms with Crippen LogP contribution < -0.4 is 0 Å². The summed E-state index contributed by atoms with van der Waals surface area (Å²) in [5, 5.41) is 0. The Hall–Kier alpha value is -0.540. The van der Waals surface area contributed by atoms with E-state index in [1.54, 1.807) is 21.3 Å². The van der Waals surface area contributed by atoms with Crippen molar-refractivity contribution in [2.24, 2.45) is 5.92 Å². The lowest BCUT2D eigenvalue weighted by Gasteiger charge is -2.38. The van der Waals surface area contributed by atoms with Gasteiger partial charge in [0.1, 0.15) is 6.10 Å². The quantitative estimate of drug-likeness (QED) is 0.0523. The third kappa shape index (κ3) is 17.4. The topological polar surface area (TPSA) is 64.6 Å². The van der Waals surface area contributed by atoms with Gasteiger partial charge in [-0.05, 0) is 40.5 Å². The molecule has 0 fully saturated rings. The first kappa shape index (κ1) is 41.6. The Balaban J connectivity index is 0. The van der Waals surface area contributed by atoms with Crippen LogP contribution in [-0.2, 0) is 33.2 Å². The fraction of sp³-hybridized carbons (Fsp3) is 0.939. The molecular formula is C33H68O7. The highest BCUT2D eigenvalue weighted by Gasteiger charge is 2.42. The molecule has 0 heterocycles. The molecule has 7 nitrogen and oxygen atoms in total. The highest BCUT2D eigenvalue weighted by Crippen LogP contribution is 2.30. The third-order valence-corrected chi connectivity index (χ3v) is 7.08. The molecule has 2 atom stereocenters. The first-order chi connectivity index (χ1) is 19.4. The molecular weight excluding hydrogens is 508 g/mol. The Morgan fingerprint density at radius 1 is 0.525 bits per heavy atom. The highest BCUT2D eigenvalue weighted by molar-refractivity contribution is 4.86. The minimum atomic E-state index is -1.06. The Bertz CT molecular complexity index is 500. The number of ether oxygens (including phenoxy) is 7. The van der Waals surface area contributed by atoms with E-state index < -0.39 is 11.9 Å². The second kappa shape index (κ2) is 28.6. The molecule has 0 saturated carbocycles. The molecule has 242 valence electrons. The normalized spacial score (nSPS) is 13.5. The van der Waals surface area contributed by atoms with Gasteiger partial charge in [0.2, 0.25) is 0 Å². The monoisotopic (exact) mass is 576 g/mol. The number of rotatable bonds is 28. The van der Waals surface area contributed by atoms with Crippen molar-refractivity contribution in [1.82, 2.24) is 0 Å². The van der Waals surface area contributed by atoms with Gasteiger partial charge in [-0.3, -0.25) is 0 Å². The van der Waals surface area contributed by atoms with Crippen LogP contribution in [0.2, 0.25) is 0 Å². The predicted molar refractivity (Wildman–Crippen MR) is 166 cm³/mol. The van der Waals surface area contributed by atoms with Crippen LogP contribution in [0.1, 0.15) is 131 Å². The second-order valence-electron chi connectivity index (χ2n) is 10.0. The first-order valence-corrected chi connectivity index (χ1v) is 16.2. The van der Waals surface area contributed by atoms with E-state index in [1.807, 2.05) is 33.8 Å². The lowest BCUT2D eigenvalue weighted by atomic mass is 9.97. The average Bonchev–Trinajstić information content (AvgIpc) is 2.96. The van der Waals surface area contributed by atoms with Gasteiger partial charge in [-0.2, -0.15) is 0 Å². The van der Waals surface area contributed by atoms with Crippen molar-refractivity contribution in [2.45, 2.75) is 149 Å². The maximum Gasteiger partial charge on any atom is 0.310 e. The molecule has 7 heteroatoms. The van der Waals surface area contributed by atoms with E-state index in [0.717, 1.165) is 25.7 Å². The Morgan fingerprint density at radius 3 is 1.27 bits per heavy atom. The van der Waals surface area contributed by atoms with Crippen molar-refractivity contribution in [3.63, 3.8) is 0 Å². The number of methoxy groups -OCH3 is 3. The standard InChI is InChI=1S/C18H38O4.C15H30O3/c1-6-11-12-13-14-15-16-17(19-7-2)18(20-8-3,21-9-4)22-10-5;1-6-8-9-10-11-12-13-14(7-2)15(16-3,17-4)18-5/h17H,6-16H2,1-5H3;7,14H,2,6,8-13H2,1,3-5H3.